The third-order valence-electron chi connectivity index (χ3n) is 1.84. The maximum Gasteiger partial charge on any atom is 0.323 e. The lowest BCUT2D eigenvalue weighted by atomic mass is 10.4. The molecule has 0 aliphatic carbocycles. The minimum absolute atomic E-state index is 0.0422. The van der Waals surface area contributed by atoms with Gasteiger partial charge in [-0.15, -0.1) is 6.42 Å². The van der Waals surface area contributed by atoms with Gasteiger partial charge in [-0.1, -0.05) is 5.92 Å². The van der Waals surface area contributed by atoms with Gasteiger partial charge >= 0.3 is 12.0 Å². The van der Waals surface area contributed by atoms with Crippen molar-refractivity contribution in [3.05, 3.63) is 0 Å². The second-order valence-corrected chi connectivity index (χ2v) is 3.19. The van der Waals surface area contributed by atoms with E-state index in [1.807, 2.05) is 0 Å². The van der Waals surface area contributed by atoms with Crippen molar-refractivity contribution in [2.75, 3.05) is 26.7 Å². The van der Waals surface area contributed by atoms with Crippen LogP contribution in [0.25, 0.3) is 0 Å². The maximum atomic E-state index is 11.5. The Morgan fingerprint density at radius 3 is 2.69 bits per heavy atom. The van der Waals surface area contributed by atoms with Crippen LogP contribution in [0.3, 0.4) is 0 Å². The molecule has 0 radical (unpaired) electrons. The number of carbonyl (C=O) groups is 2. The van der Waals surface area contributed by atoms with Crippen molar-refractivity contribution in [2.24, 2.45) is 0 Å². The van der Waals surface area contributed by atoms with Crippen LogP contribution >= 0.6 is 0 Å². The molecule has 0 spiro atoms. The monoisotopic (exact) mass is 228 g/mol. The van der Waals surface area contributed by atoms with Crippen LogP contribution in [0, 0.1) is 12.3 Å². The van der Waals surface area contributed by atoms with Crippen LogP contribution < -0.4 is 5.32 Å². The highest BCUT2D eigenvalue weighted by Crippen LogP contribution is 1.91. The fourth-order valence-corrected chi connectivity index (χ4v) is 0.899. The van der Waals surface area contributed by atoms with E-state index in [1.54, 1.807) is 6.92 Å². The molecule has 0 aromatic rings. The lowest BCUT2D eigenvalue weighted by Gasteiger charge is -2.19. The minimum Gasteiger partial charge on any atom is -0.480 e. The molecule has 6 heteroatoms. The molecule has 0 aromatic carbocycles. The normalized spacial score (nSPS) is 11.3. The zero-order valence-corrected chi connectivity index (χ0v) is 9.40. The molecule has 0 saturated heterocycles. The van der Waals surface area contributed by atoms with Crippen LogP contribution in [0.15, 0.2) is 0 Å². The average Bonchev–Trinajstić information content (AvgIpc) is 2.24. The first-order valence-corrected chi connectivity index (χ1v) is 4.72. The Bertz CT molecular complexity index is 285. The standard InChI is InChI=1S/C10H16N2O4/c1-4-5-12(7-9(13)14)10(15)11-6-8(2)16-3/h1,8H,5-7H2,2-3H3,(H,11,15)(H,13,14). The predicted molar refractivity (Wildman–Crippen MR) is 57.9 cm³/mol. The summed E-state index contributed by atoms with van der Waals surface area (Å²) >= 11 is 0. The van der Waals surface area contributed by atoms with Gasteiger partial charge in [-0.25, -0.2) is 4.79 Å². The van der Waals surface area contributed by atoms with Gasteiger partial charge in [0, 0.05) is 13.7 Å². The van der Waals surface area contributed by atoms with Gasteiger partial charge in [-0.2, -0.15) is 0 Å². The summed E-state index contributed by atoms with van der Waals surface area (Å²) in [5.41, 5.74) is 0. The number of ether oxygens (including phenoxy) is 1. The number of hydrogen-bond donors (Lipinski definition) is 2. The van der Waals surface area contributed by atoms with Gasteiger partial charge < -0.3 is 20.1 Å². The van der Waals surface area contributed by atoms with E-state index in [1.165, 1.54) is 7.11 Å². The van der Waals surface area contributed by atoms with Gasteiger partial charge in [-0.05, 0) is 6.92 Å². The molecule has 0 aliphatic rings. The fourth-order valence-electron chi connectivity index (χ4n) is 0.899. The largest absolute Gasteiger partial charge is 0.480 e. The van der Waals surface area contributed by atoms with Crippen molar-refractivity contribution in [3.63, 3.8) is 0 Å². The van der Waals surface area contributed by atoms with E-state index in [4.69, 9.17) is 16.3 Å². The van der Waals surface area contributed by atoms with E-state index in [-0.39, 0.29) is 12.6 Å². The van der Waals surface area contributed by atoms with Gasteiger partial charge in [0.2, 0.25) is 0 Å². The second-order valence-electron chi connectivity index (χ2n) is 3.19. The van der Waals surface area contributed by atoms with Crippen LogP contribution in [0.1, 0.15) is 6.92 Å². The number of aliphatic carboxylic acids is 1. The van der Waals surface area contributed by atoms with Crippen molar-refractivity contribution in [1.29, 1.82) is 0 Å². The van der Waals surface area contributed by atoms with Crippen molar-refractivity contribution in [3.8, 4) is 12.3 Å². The Balaban J connectivity index is 4.17. The molecule has 0 bridgehead atoms. The van der Waals surface area contributed by atoms with Crippen LogP contribution in [-0.4, -0.2) is 54.9 Å². The summed E-state index contributed by atoms with van der Waals surface area (Å²) in [6.45, 7) is 1.62. The lowest BCUT2D eigenvalue weighted by Crippen LogP contribution is -2.45. The number of carboxylic acid groups (broad SMARTS) is 1. The molecule has 0 aromatic heterocycles. The number of methoxy groups -OCH3 is 1. The van der Waals surface area contributed by atoms with E-state index in [2.05, 4.69) is 11.2 Å². The van der Waals surface area contributed by atoms with Crippen molar-refractivity contribution < 1.29 is 19.4 Å². The quantitative estimate of drug-likeness (QED) is 0.614. The second kappa shape index (κ2) is 7.54. The van der Waals surface area contributed by atoms with Gasteiger partial charge in [0.15, 0.2) is 0 Å². The average molecular weight is 228 g/mol. The summed E-state index contributed by atoms with van der Waals surface area (Å²) < 4.78 is 4.93. The van der Waals surface area contributed by atoms with Crippen LogP contribution in [0.2, 0.25) is 0 Å². The summed E-state index contributed by atoms with van der Waals surface area (Å²) in [6.07, 6.45) is 4.90. The molecular weight excluding hydrogens is 212 g/mol. The molecule has 2 amide bonds. The van der Waals surface area contributed by atoms with Gasteiger partial charge in [0.05, 0.1) is 12.6 Å². The zero-order valence-electron chi connectivity index (χ0n) is 9.40. The van der Waals surface area contributed by atoms with Gasteiger partial charge in [0.1, 0.15) is 6.54 Å². The van der Waals surface area contributed by atoms with E-state index in [0.29, 0.717) is 6.54 Å². The van der Waals surface area contributed by atoms with Crippen LogP contribution in [0.5, 0.6) is 0 Å². The number of carboxylic acids is 1. The Morgan fingerprint density at radius 1 is 1.62 bits per heavy atom. The van der Waals surface area contributed by atoms with E-state index >= 15 is 0 Å². The molecule has 0 aliphatic heterocycles. The molecule has 1 atom stereocenters. The van der Waals surface area contributed by atoms with Crippen molar-refractivity contribution >= 4 is 12.0 Å². The highest BCUT2D eigenvalue weighted by Gasteiger charge is 2.15. The highest BCUT2D eigenvalue weighted by molar-refractivity contribution is 5.80. The molecule has 16 heavy (non-hydrogen) atoms. The number of hydrogen-bond acceptors (Lipinski definition) is 3. The summed E-state index contributed by atoms with van der Waals surface area (Å²) in [7, 11) is 1.52. The highest BCUT2D eigenvalue weighted by atomic mass is 16.5. The minimum atomic E-state index is -1.11. The van der Waals surface area contributed by atoms with E-state index in [9.17, 15) is 9.59 Å². The first-order chi connectivity index (χ1) is 7.51. The Morgan fingerprint density at radius 2 is 2.25 bits per heavy atom. The van der Waals surface area contributed by atoms with Crippen molar-refractivity contribution in [1.82, 2.24) is 10.2 Å². The molecule has 0 rings (SSSR count). The SMILES string of the molecule is C#CCN(CC(=O)O)C(=O)NCC(C)OC. The predicted octanol–water partition coefficient (Wildman–Crippen LogP) is -0.249. The smallest absolute Gasteiger partial charge is 0.323 e. The van der Waals surface area contributed by atoms with Crippen molar-refractivity contribution in [2.45, 2.75) is 13.0 Å². The van der Waals surface area contributed by atoms with Gasteiger partial charge in [0.25, 0.3) is 0 Å². The lowest BCUT2D eigenvalue weighted by molar-refractivity contribution is -0.137. The Kier molecular flexibility index (Phi) is 6.72. The van der Waals surface area contributed by atoms with E-state index in [0.717, 1.165) is 4.90 Å². The number of nitrogens with one attached hydrogen (secondary N) is 1. The molecule has 0 heterocycles. The molecule has 1 unspecified atom stereocenters. The van der Waals surface area contributed by atoms with E-state index < -0.39 is 18.5 Å². The van der Waals surface area contributed by atoms with Gasteiger partial charge in [-0.3, -0.25) is 4.79 Å². The molecule has 0 fully saturated rings. The Hall–Kier alpha value is -1.74. The molecule has 90 valence electrons. The molecule has 6 nitrogen and oxygen atoms in total. The number of urea groups is 1. The number of terminal acetylenes is 1. The molecule has 0 saturated carbocycles. The fraction of sp³-hybridized carbons (Fsp3) is 0.600. The third-order valence-corrected chi connectivity index (χ3v) is 1.84. The number of carbonyl (C=O) groups excluding carboxylic acids is 1. The summed E-state index contributed by atoms with van der Waals surface area (Å²) in [4.78, 5) is 23.0. The summed E-state index contributed by atoms with van der Waals surface area (Å²) in [5, 5.41) is 11.1. The summed E-state index contributed by atoms with van der Waals surface area (Å²) in [5.74, 6) is 1.12. The number of amides is 2. The molecular formula is C10H16N2O4. The first kappa shape index (κ1) is 14.3. The third kappa shape index (κ3) is 5.88. The summed E-state index contributed by atoms with van der Waals surface area (Å²) in [6, 6.07) is -0.510. The van der Waals surface area contributed by atoms with Crippen LogP contribution in [-0.2, 0) is 9.53 Å². The Labute approximate surface area is 94.6 Å². The number of rotatable bonds is 6. The zero-order chi connectivity index (χ0) is 12.6. The maximum absolute atomic E-state index is 11.5. The number of nitrogens with zero attached hydrogens (tertiary/aromatic N) is 1. The van der Waals surface area contributed by atoms with Crippen LogP contribution in [0.4, 0.5) is 4.79 Å². The topological polar surface area (TPSA) is 78.9 Å². The first-order valence-electron chi connectivity index (χ1n) is 4.72. The molecule has 2 N–H and O–H groups in total.